The summed E-state index contributed by atoms with van der Waals surface area (Å²) in [4.78, 5) is 7.21. The third-order valence-electron chi connectivity index (χ3n) is 3.77. The van der Waals surface area contributed by atoms with Crippen molar-refractivity contribution in [1.82, 2.24) is 9.88 Å². The van der Waals surface area contributed by atoms with Crippen molar-refractivity contribution in [2.75, 3.05) is 19.0 Å². The molecule has 0 saturated carbocycles. The van der Waals surface area contributed by atoms with E-state index in [0.29, 0.717) is 6.04 Å². The Morgan fingerprint density at radius 3 is 3.00 bits per heavy atom. The predicted octanol–water partition coefficient (Wildman–Crippen LogP) is 3.54. The molecule has 0 aromatic carbocycles. The molecule has 0 spiro atoms. The first-order valence-corrected chi connectivity index (χ1v) is 8.16. The Hall–Kier alpha value is -0.610. The van der Waals surface area contributed by atoms with Crippen LogP contribution in [0.2, 0.25) is 0 Å². The quantitative estimate of drug-likeness (QED) is 0.774. The van der Waals surface area contributed by atoms with Crippen LogP contribution in [0.25, 0.3) is 0 Å². The van der Waals surface area contributed by atoms with Crippen LogP contribution in [0, 0.1) is 6.92 Å². The Labute approximate surface area is 124 Å². The molecule has 1 aromatic heterocycles. The van der Waals surface area contributed by atoms with Crippen molar-refractivity contribution in [3.8, 4) is 5.75 Å². The van der Waals surface area contributed by atoms with Crippen LogP contribution < -0.4 is 4.74 Å². The van der Waals surface area contributed by atoms with E-state index in [9.17, 15) is 0 Å². The summed E-state index contributed by atoms with van der Waals surface area (Å²) in [6, 6.07) is 4.74. The summed E-state index contributed by atoms with van der Waals surface area (Å²) < 4.78 is 5.33. The van der Waals surface area contributed by atoms with E-state index in [1.165, 1.54) is 32.2 Å². The number of hydrogen-bond donors (Lipinski definition) is 0. The SMILES string of the molecule is COc1cc(C)nc(CN2CCCCC2CCBr)c1. The molecule has 0 radical (unpaired) electrons. The third-order valence-corrected chi connectivity index (χ3v) is 4.23. The molecule has 19 heavy (non-hydrogen) atoms. The molecule has 1 aromatic rings. The fraction of sp³-hybridized carbons (Fsp3) is 0.667. The molecule has 0 aliphatic carbocycles. The third kappa shape index (κ3) is 4.18. The van der Waals surface area contributed by atoms with Gasteiger partial charge in [-0.3, -0.25) is 9.88 Å². The number of pyridine rings is 1. The van der Waals surface area contributed by atoms with Gasteiger partial charge < -0.3 is 4.74 Å². The molecule has 1 atom stereocenters. The van der Waals surface area contributed by atoms with E-state index in [-0.39, 0.29) is 0 Å². The molecule has 2 heterocycles. The zero-order chi connectivity index (χ0) is 13.7. The van der Waals surface area contributed by atoms with Crippen LogP contribution in [0.5, 0.6) is 5.75 Å². The number of nitrogens with zero attached hydrogens (tertiary/aromatic N) is 2. The van der Waals surface area contributed by atoms with Gasteiger partial charge in [-0.2, -0.15) is 0 Å². The highest BCUT2D eigenvalue weighted by molar-refractivity contribution is 9.09. The van der Waals surface area contributed by atoms with Gasteiger partial charge in [-0.05, 0) is 32.7 Å². The molecule has 4 heteroatoms. The van der Waals surface area contributed by atoms with Crippen molar-refractivity contribution < 1.29 is 4.74 Å². The van der Waals surface area contributed by atoms with Crippen molar-refractivity contribution in [2.24, 2.45) is 0 Å². The van der Waals surface area contributed by atoms with Gasteiger partial charge in [0.1, 0.15) is 5.75 Å². The Morgan fingerprint density at radius 1 is 1.42 bits per heavy atom. The zero-order valence-corrected chi connectivity index (χ0v) is 13.4. The smallest absolute Gasteiger partial charge is 0.122 e. The number of ether oxygens (including phenoxy) is 1. The van der Waals surface area contributed by atoms with E-state index >= 15 is 0 Å². The van der Waals surface area contributed by atoms with E-state index in [1.807, 2.05) is 13.0 Å². The maximum Gasteiger partial charge on any atom is 0.122 e. The van der Waals surface area contributed by atoms with Gasteiger partial charge in [0.15, 0.2) is 0 Å². The van der Waals surface area contributed by atoms with Gasteiger partial charge in [0.05, 0.1) is 12.8 Å². The number of methoxy groups -OCH3 is 1. The standard InChI is InChI=1S/C15H23BrN2O/c1-12-9-15(19-2)10-13(17-12)11-18-8-4-3-5-14(18)6-7-16/h9-10,14H,3-8,11H2,1-2H3. The number of aromatic nitrogens is 1. The summed E-state index contributed by atoms with van der Waals surface area (Å²) in [6.07, 6.45) is 5.21. The molecule has 1 saturated heterocycles. The first kappa shape index (κ1) is 14.8. The number of halogens is 1. The first-order valence-electron chi connectivity index (χ1n) is 7.04. The molecule has 0 N–H and O–H groups in total. The maximum absolute atomic E-state index is 5.33. The average Bonchev–Trinajstić information content (AvgIpc) is 2.40. The number of alkyl halides is 1. The van der Waals surface area contributed by atoms with E-state index in [2.05, 4.69) is 31.9 Å². The fourth-order valence-corrected chi connectivity index (χ4v) is 3.36. The summed E-state index contributed by atoms with van der Waals surface area (Å²) in [5, 5.41) is 1.08. The summed E-state index contributed by atoms with van der Waals surface area (Å²) in [5.41, 5.74) is 2.15. The number of hydrogen-bond acceptors (Lipinski definition) is 3. The van der Waals surface area contributed by atoms with Gasteiger partial charge >= 0.3 is 0 Å². The van der Waals surface area contributed by atoms with Gasteiger partial charge in [-0.25, -0.2) is 0 Å². The Kier molecular flexibility index (Phi) is 5.64. The Balaban J connectivity index is 2.07. The highest BCUT2D eigenvalue weighted by Gasteiger charge is 2.22. The van der Waals surface area contributed by atoms with Crippen LogP contribution in [0.4, 0.5) is 0 Å². The lowest BCUT2D eigenvalue weighted by atomic mass is 10.00. The summed E-state index contributed by atoms with van der Waals surface area (Å²) in [5.74, 6) is 0.913. The molecule has 1 aliphatic heterocycles. The number of rotatable bonds is 5. The minimum Gasteiger partial charge on any atom is -0.497 e. The normalized spacial score (nSPS) is 20.5. The van der Waals surface area contributed by atoms with E-state index in [4.69, 9.17) is 4.74 Å². The summed E-state index contributed by atoms with van der Waals surface area (Å²) >= 11 is 3.57. The van der Waals surface area contributed by atoms with E-state index in [0.717, 1.165) is 29.0 Å². The van der Waals surface area contributed by atoms with Gasteiger partial charge in [0, 0.05) is 35.7 Å². The maximum atomic E-state index is 5.33. The monoisotopic (exact) mass is 326 g/mol. The Bertz CT molecular complexity index is 409. The van der Waals surface area contributed by atoms with Crippen LogP contribution in [0.1, 0.15) is 37.1 Å². The second-order valence-electron chi connectivity index (χ2n) is 5.24. The zero-order valence-electron chi connectivity index (χ0n) is 11.9. The highest BCUT2D eigenvalue weighted by Crippen LogP contribution is 2.23. The van der Waals surface area contributed by atoms with Crippen molar-refractivity contribution in [2.45, 2.75) is 45.2 Å². The van der Waals surface area contributed by atoms with Gasteiger partial charge in [-0.15, -0.1) is 0 Å². The molecule has 1 fully saturated rings. The molecule has 3 nitrogen and oxygen atoms in total. The minimum absolute atomic E-state index is 0.696. The van der Waals surface area contributed by atoms with E-state index in [1.54, 1.807) is 7.11 Å². The fourth-order valence-electron chi connectivity index (χ4n) is 2.83. The van der Waals surface area contributed by atoms with Crippen molar-refractivity contribution >= 4 is 15.9 Å². The molecule has 1 aliphatic rings. The average molecular weight is 327 g/mol. The molecule has 0 bridgehead atoms. The van der Waals surface area contributed by atoms with Gasteiger partial charge in [0.2, 0.25) is 0 Å². The van der Waals surface area contributed by atoms with Crippen LogP contribution in [-0.2, 0) is 6.54 Å². The van der Waals surface area contributed by atoms with Crippen LogP contribution in [0.3, 0.4) is 0 Å². The van der Waals surface area contributed by atoms with Crippen LogP contribution in [0.15, 0.2) is 12.1 Å². The molecule has 0 amide bonds. The van der Waals surface area contributed by atoms with E-state index < -0.39 is 0 Å². The lowest BCUT2D eigenvalue weighted by Crippen LogP contribution is -2.39. The number of piperidine rings is 1. The highest BCUT2D eigenvalue weighted by atomic mass is 79.9. The minimum atomic E-state index is 0.696. The summed E-state index contributed by atoms with van der Waals surface area (Å²) in [7, 11) is 1.72. The molecular formula is C15H23BrN2O. The second-order valence-corrected chi connectivity index (χ2v) is 6.03. The largest absolute Gasteiger partial charge is 0.497 e. The van der Waals surface area contributed by atoms with Crippen molar-refractivity contribution in [1.29, 1.82) is 0 Å². The topological polar surface area (TPSA) is 25.4 Å². The lowest BCUT2D eigenvalue weighted by Gasteiger charge is -2.35. The lowest BCUT2D eigenvalue weighted by molar-refractivity contribution is 0.135. The van der Waals surface area contributed by atoms with Crippen LogP contribution >= 0.6 is 15.9 Å². The second kappa shape index (κ2) is 7.25. The van der Waals surface area contributed by atoms with Crippen LogP contribution in [-0.4, -0.2) is 34.9 Å². The van der Waals surface area contributed by atoms with Gasteiger partial charge in [0.25, 0.3) is 0 Å². The predicted molar refractivity (Wildman–Crippen MR) is 82.0 cm³/mol. The molecule has 1 unspecified atom stereocenters. The molecule has 106 valence electrons. The van der Waals surface area contributed by atoms with Crippen molar-refractivity contribution in [3.63, 3.8) is 0 Å². The molecular weight excluding hydrogens is 304 g/mol. The Morgan fingerprint density at radius 2 is 2.26 bits per heavy atom. The van der Waals surface area contributed by atoms with Crippen molar-refractivity contribution in [3.05, 3.63) is 23.5 Å². The van der Waals surface area contributed by atoms with Gasteiger partial charge in [-0.1, -0.05) is 22.4 Å². The molecule has 2 rings (SSSR count). The number of likely N-dealkylation sites (tertiary alicyclic amines) is 1. The number of aryl methyl sites for hydroxylation is 1. The first-order chi connectivity index (χ1) is 9.22. The summed E-state index contributed by atoms with van der Waals surface area (Å²) in [6.45, 7) is 4.16.